The summed E-state index contributed by atoms with van der Waals surface area (Å²) in [5.74, 6) is -0.201. The molecule has 108 valence electrons. The van der Waals surface area contributed by atoms with E-state index < -0.39 is 0 Å². The molecule has 1 nitrogen and oxygen atoms in total. The van der Waals surface area contributed by atoms with Gasteiger partial charge in [0.05, 0.1) is 11.7 Å². The van der Waals surface area contributed by atoms with Crippen molar-refractivity contribution >= 4 is 28.4 Å². The number of benzene rings is 1. The molecule has 1 N–H and O–H groups in total. The van der Waals surface area contributed by atoms with Crippen LogP contribution in [-0.2, 0) is 6.42 Å². The minimum Gasteiger partial charge on any atom is -0.375 e. The zero-order chi connectivity index (χ0) is 14.7. The lowest BCUT2D eigenvalue weighted by atomic mass is 10.1. The van der Waals surface area contributed by atoms with Crippen molar-refractivity contribution in [2.24, 2.45) is 0 Å². The van der Waals surface area contributed by atoms with E-state index in [0.717, 1.165) is 12.0 Å². The van der Waals surface area contributed by atoms with Crippen molar-refractivity contribution in [1.29, 1.82) is 0 Å². The molecule has 3 aromatic rings. The Balaban J connectivity index is 1.87. The maximum atomic E-state index is 14.0. The Morgan fingerprint density at radius 1 is 1.10 bits per heavy atom. The number of hydrogen-bond donors (Lipinski definition) is 1. The highest BCUT2D eigenvalue weighted by atomic mass is 32.1. The summed E-state index contributed by atoms with van der Waals surface area (Å²) in [4.78, 5) is 2.53. The number of halogens is 1. The molecule has 0 aliphatic carbocycles. The Hall–Kier alpha value is -1.65. The van der Waals surface area contributed by atoms with Gasteiger partial charge in [-0.2, -0.15) is 0 Å². The highest BCUT2D eigenvalue weighted by Crippen LogP contribution is 2.29. The smallest absolute Gasteiger partial charge is 0.146 e. The topological polar surface area (TPSA) is 12.0 Å². The Bertz CT molecular complexity index is 690. The van der Waals surface area contributed by atoms with Crippen molar-refractivity contribution in [2.75, 3.05) is 5.32 Å². The van der Waals surface area contributed by atoms with E-state index in [2.05, 4.69) is 34.3 Å². The van der Waals surface area contributed by atoms with Gasteiger partial charge in [0.2, 0.25) is 0 Å². The maximum absolute atomic E-state index is 14.0. The summed E-state index contributed by atoms with van der Waals surface area (Å²) >= 11 is 3.44. The van der Waals surface area contributed by atoms with Gasteiger partial charge in [0.1, 0.15) is 5.82 Å². The van der Waals surface area contributed by atoms with Crippen LogP contribution in [0, 0.1) is 12.7 Å². The van der Waals surface area contributed by atoms with E-state index in [9.17, 15) is 4.39 Å². The third kappa shape index (κ3) is 3.52. The molecule has 0 amide bonds. The van der Waals surface area contributed by atoms with Crippen molar-refractivity contribution < 1.29 is 4.39 Å². The number of hydrogen-bond acceptors (Lipinski definition) is 3. The first-order valence-electron chi connectivity index (χ1n) is 6.81. The molecule has 2 aromatic heterocycles. The van der Waals surface area contributed by atoms with Crippen LogP contribution in [0.4, 0.5) is 10.1 Å². The molecule has 0 fully saturated rings. The van der Waals surface area contributed by atoms with E-state index in [1.165, 1.54) is 15.8 Å². The number of nitrogens with one attached hydrogen (secondary N) is 1. The van der Waals surface area contributed by atoms with Gasteiger partial charge in [0.25, 0.3) is 0 Å². The molecule has 1 unspecified atom stereocenters. The van der Waals surface area contributed by atoms with Gasteiger partial charge in [-0.1, -0.05) is 18.2 Å². The first kappa shape index (κ1) is 14.3. The van der Waals surface area contributed by atoms with Gasteiger partial charge in [0.15, 0.2) is 0 Å². The summed E-state index contributed by atoms with van der Waals surface area (Å²) in [5.41, 5.74) is 1.63. The second-order valence-electron chi connectivity index (χ2n) is 4.98. The highest BCUT2D eigenvalue weighted by Gasteiger charge is 2.16. The summed E-state index contributed by atoms with van der Waals surface area (Å²) in [6, 6.07) is 13.6. The van der Waals surface area contributed by atoms with Crippen molar-refractivity contribution in [3.05, 3.63) is 74.4 Å². The third-order valence-corrected chi connectivity index (χ3v) is 5.21. The van der Waals surface area contributed by atoms with Crippen LogP contribution < -0.4 is 5.32 Å². The summed E-state index contributed by atoms with van der Waals surface area (Å²) in [6.07, 6.45) is 0.867. The van der Waals surface area contributed by atoms with E-state index in [0.29, 0.717) is 5.69 Å². The largest absolute Gasteiger partial charge is 0.375 e. The quantitative estimate of drug-likeness (QED) is 0.641. The minimum atomic E-state index is -0.201. The fourth-order valence-corrected chi connectivity index (χ4v) is 3.81. The number of anilines is 1. The van der Waals surface area contributed by atoms with Gasteiger partial charge in [0, 0.05) is 16.2 Å². The number of thiophene rings is 2. The lowest BCUT2D eigenvalue weighted by Gasteiger charge is -2.19. The van der Waals surface area contributed by atoms with Crippen LogP contribution in [0.25, 0.3) is 0 Å². The summed E-state index contributed by atoms with van der Waals surface area (Å²) in [5, 5.41) is 7.51. The molecule has 1 atom stereocenters. The fraction of sp³-hybridized carbons (Fsp3) is 0.176. The molecule has 21 heavy (non-hydrogen) atoms. The average Bonchev–Trinajstić information content (AvgIpc) is 3.14. The average molecular weight is 317 g/mol. The van der Waals surface area contributed by atoms with Gasteiger partial charge in [-0.05, 0) is 47.5 Å². The number of rotatable bonds is 5. The van der Waals surface area contributed by atoms with Crippen LogP contribution in [0.3, 0.4) is 0 Å². The zero-order valence-electron chi connectivity index (χ0n) is 11.7. The van der Waals surface area contributed by atoms with E-state index >= 15 is 0 Å². The number of aryl methyl sites for hydroxylation is 1. The first-order chi connectivity index (χ1) is 10.2. The molecule has 0 radical (unpaired) electrons. The van der Waals surface area contributed by atoms with Crippen LogP contribution in [0.1, 0.15) is 21.4 Å². The third-order valence-electron chi connectivity index (χ3n) is 3.32. The molecule has 3 rings (SSSR count). The second kappa shape index (κ2) is 6.41. The molecule has 1 aromatic carbocycles. The van der Waals surface area contributed by atoms with Crippen molar-refractivity contribution in [3.8, 4) is 0 Å². The molecule has 0 spiro atoms. The standard InChI is InChI=1S/C17H16FNS2/c1-12-6-7-14(18)15(10-12)19-16(17-5-3-9-21-17)11-13-4-2-8-20-13/h2-10,16,19H,11H2,1H3. The molecule has 0 aliphatic heterocycles. The van der Waals surface area contributed by atoms with Crippen LogP contribution in [0.15, 0.2) is 53.2 Å². The molecule has 0 saturated carbocycles. The van der Waals surface area contributed by atoms with E-state index in [1.807, 2.05) is 19.1 Å². The summed E-state index contributed by atoms with van der Waals surface area (Å²) in [7, 11) is 0. The molecule has 0 saturated heterocycles. The van der Waals surface area contributed by atoms with Gasteiger partial charge < -0.3 is 5.32 Å². The normalized spacial score (nSPS) is 12.3. The Kier molecular flexibility index (Phi) is 4.36. The molecular formula is C17H16FNS2. The van der Waals surface area contributed by atoms with Gasteiger partial charge >= 0.3 is 0 Å². The molecule has 0 bridgehead atoms. The maximum Gasteiger partial charge on any atom is 0.146 e. The molecular weight excluding hydrogens is 301 g/mol. The van der Waals surface area contributed by atoms with E-state index in [4.69, 9.17) is 0 Å². The lowest BCUT2D eigenvalue weighted by Crippen LogP contribution is -2.13. The van der Waals surface area contributed by atoms with Gasteiger partial charge in [-0.25, -0.2) is 4.39 Å². The predicted molar refractivity (Wildman–Crippen MR) is 89.8 cm³/mol. The van der Waals surface area contributed by atoms with E-state index in [-0.39, 0.29) is 11.9 Å². The van der Waals surface area contributed by atoms with Crippen LogP contribution in [-0.4, -0.2) is 0 Å². The minimum absolute atomic E-state index is 0.0972. The Morgan fingerprint density at radius 2 is 1.90 bits per heavy atom. The Labute approximate surface area is 132 Å². The Morgan fingerprint density at radius 3 is 2.62 bits per heavy atom. The molecule has 0 aliphatic rings. The van der Waals surface area contributed by atoms with Crippen molar-refractivity contribution in [3.63, 3.8) is 0 Å². The predicted octanol–water partition coefficient (Wildman–Crippen LogP) is 5.65. The van der Waals surface area contributed by atoms with Gasteiger partial charge in [-0.3, -0.25) is 0 Å². The van der Waals surface area contributed by atoms with Crippen LogP contribution in [0.2, 0.25) is 0 Å². The monoisotopic (exact) mass is 317 g/mol. The van der Waals surface area contributed by atoms with Crippen molar-refractivity contribution in [2.45, 2.75) is 19.4 Å². The summed E-state index contributed by atoms with van der Waals surface area (Å²) in [6.45, 7) is 1.98. The molecule has 4 heteroatoms. The second-order valence-corrected chi connectivity index (χ2v) is 6.99. The van der Waals surface area contributed by atoms with E-state index in [1.54, 1.807) is 28.7 Å². The first-order valence-corrected chi connectivity index (χ1v) is 8.57. The lowest BCUT2D eigenvalue weighted by molar-refractivity contribution is 0.625. The zero-order valence-corrected chi connectivity index (χ0v) is 13.3. The van der Waals surface area contributed by atoms with Crippen LogP contribution in [0.5, 0.6) is 0 Å². The van der Waals surface area contributed by atoms with Crippen molar-refractivity contribution in [1.82, 2.24) is 0 Å². The van der Waals surface area contributed by atoms with Crippen LogP contribution >= 0.6 is 22.7 Å². The fourth-order valence-electron chi connectivity index (χ4n) is 2.28. The highest BCUT2D eigenvalue weighted by molar-refractivity contribution is 7.10. The molecule has 2 heterocycles. The summed E-state index contributed by atoms with van der Waals surface area (Å²) < 4.78 is 14.0. The SMILES string of the molecule is Cc1ccc(F)c(NC(Cc2cccs2)c2cccs2)c1. The van der Waals surface area contributed by atoms with Gasteiger partial charge in [-0.15, -0.1) is 22.7 Å².